The summed E-state index contributed by atoms with van der Waals surface area (Å²) in [5.41, 5.74) is 0.0371. The molecule has 0 saturated carbocycles. The first-order chi connectivity index (χ1) is 7.65. The van der Waals surface area contributed by atoms with E-state index in [4.69, 9.17) is 6.42 Å². The van der Waals surface area contributed by atoms with E-state index in [0.717, 1.165) is 0 Å². The van der Waals surface area contributed by atoms with E-state index in [1.807, 2.05) is 0 Å². The first-order valence-electron chi connectivity index (χ1n) is 4.82. The Balaban J connectivity index is 2.59. The quantitative estimate of drug-likeness (QED) is 0.668. The molecule has 84 valence electrons. The number of unbranched alkanes of at least 4 members (excludes halogenated alkanes) is 1. The SMILES string of the molecule is C#CCCCNC(=O)c1cc(Br)ccc1F. The summed E-state index contributed by atoms with van der Waals surface area (Å²) < 4.78 is 14.0. The number of rotatable bonds is 4. The number of carbonyl (C=O) groups excluding carboxylic acids is 1. The standard InChI is InChI=1S/C12H11BrFNO/c1-2-3-4-7-15-12(16)10-8-9(13)5-6-11(10)14/h1,5-6,8H,3-4,7H2,(H,15,16). The lowest BCUT2D eigenvalue weighted by Gasteiger charge is -2.05. The number of carbonyl (C=O) groups is 1. The number of terminal acetylenes is 1. The van der Waals surface area contributed by atoms with Crippen molar-refractivity contribution in [3.05, 3.63) is 34.1 Å². The van der Waals surface area contributed by atoms with Gasteiger partial charge in [-0.1, -0.05) is 15.9 Å². The average Bonchev–Trinajstić information content (AvgIpc) is 2.27. The third kappa shape index (κ3) is 3.67. The normalized spacial score (nSPS) is 9.56. The number of nitrogens with one attached hydrogen (secondary N) is 1. The van der Waals surface area contributed by atoms with Crippen molar-refractivity contribution in [2.24, 2.45) is 0 Å². The predicted octanol–water partition coefficient (Wildman–Crippen LogP) is 2.73. The topological polar surface area (TPSA) is 29.1 Å². The molecule has 0 unspecified atom stereocenters. The molecule has 0 heterocycles. The van der Waals surface area contributed by atoms with Gasteiger partial charge in [0.2, 0.25) is 0 Å². The van der Waals surface area contributed by atoms with E-state index in [1.54, 1.807) is 6.07 Å². The van der Waals surface area contributed by atoms with Crippen LogP contribution in [-0.4, -0.2) is 12.5 Å². The van der Waals surface area contributed by atoms with Crippen molar-refractivity contribution >= 4 is 21.8 Å². The Morgan fingerprint density at radius 3 is 3.00 bits per heavy atom. The maximum atomic E-state index is 13.3. The Labute approximate surface area is 102 Å². The van der Waals surface area contributed by atoms with Crippen molar-refractivity contribution in [1.82, 2.24) is 5.32 Å². The summed E-state index contributed by atoms with van der Waals surface area (Å²) in [6.07, 6.45) is 6.36. The van der Waals surface area contributed by atoms with Gasteiger partial charge in [-0.25, -0.2) is 4.39 Å². The van der Waals surface area contributed by atoms with Crippen molar-refractivity contribution < 1.29 is 9.18 Å². The summed E-state index contributed by atoms with van der Waals surface area (Å²) in [7, 11) is 0. The van der Waals surface area contributed by atoms with E-state index >= 15 is 0 Å². The van der Waals surface area contributed by atoms with E-state index in [9.17, 15) is 9.18 Å². The minimum Gasteiger partial charge on any atom is -0.352 e. The molecule has 1 N–H and O–H groups in total. The van der Waals surface area contributed by atoms with E-state index in [1.165, 1.54) is 12.1 Å². The summed E-state index contributed by atoms with van der Waals surface area (Å²) in [5.74, 6) is 1.52. The molecule has 0 aromatic heterocycles. The largest absolute Gasteiger partial charge is 0.352 e. The van der Waals surface area contributed by atoms with Crippen molar-refractivity contribution in [2.45, 2.75) is 12.8 Å². The highest BCUT2D eigenvalue weighted by atomic mass is 79.9. The molecule has 1 amide bonds. The molecular weight excluding hydrogens is 273 g/mol. The second-order valence-corrected chi connectivity index (χ2v) is 4.10. The molecule has 1 aromatic rings. The van der Waals surface area contributed by atoms with Crippen LogP contribution >= 0.6 is 15.9 Å². The second-order valence-electron chi connectivity index (χ2n) is 3.19. The molecule has 0 aliphatic carbocycles. The van der Waals surface area contributed by atoms with Crippen molar-refractivity contribution in [3.8, 4) is 12.3 Å². The van der Waals surface area contributed by atoms with Crippen LogP contribution in [0.3, 0.4) is 0 Å². The van der Waals surface area contributed by atoms with Crippen LogP contribution in [0.5, 0.6) is 0 Å². The molecule has 0 fully saturated rings. The van der Waals surface area contributed by atoms with Crippen LogP contribution in [-0.2, 0) is 0 Å². The van der Waals surface area contributed by atoms with Crippen LogP contribution in [0.25, 0.3) is 0 Å². The smallest absolute Gasteiger partial charge is 0.254 e. The van der Waals surface area contributed by atoms with Gasteiger partial charge >= 0.3 is 0 Å². The Kier molecular flexibility index (Phi) is 5.00. The molecular formula is C12H11BrFNO. The van der Waals surface area contributed by atoms with Gasteiger partial charge in [-0.2, -0.15) is 0 Å². The predicted molar refractivity (Wildman–Crippen MR) is 64.5 cm³/mol. The molecule has 0 bridgehead atoms. The van der Waals surface area contributed by atoms with Gasteiger partial charge in [0.05, 0.1) is 5.56 Å². The molecule has 0 radical (unpaired) electrons. The van der Waals surface area contributed by atoms with Crippen LogP contribution in [0.1, 0.15) is 23.2 Å². The fourth-order valence-electron chi connectivity index (χ4n) is 1.16. The Bertz CT molecular complexity index is 426. The van der Waals surface area contributed by atoms with Crippen molar-refractivity contribution in [1.29, 1.82) is 0 Å². The van der Waals surface area contributed by atoms with Crippen molar-refractivity contribution in [3.63, 3.8) is 0 Å². The Morgan fingerprint density at radius 1 is 1.56 bits per heavy atom. The summed E-state index contributed by atoms with van der Waals surface area (Å²) in [6.45, 7) is 0.453. The molecule has 0 saturated heterocycles. The lowest BCUT2D eigenvalue weighted by molar-refractivity contribution is 0.0949. The minimum atomic E-state index is -0.530. The number of hydrogen-bond acceptors (Lipinski definition) is 1. The van der Waals surface area contributed by atoms with Gasteiger partial charge < -0.3 is 5.32 Å². The van der Waals surface area contributed by atoms with Crippen molar-refractivity contribution in [2.75, 3.05) is 6.54 Å². The summed E-state index contributed by atoms with van der Waals surface area (Å²) in [5, 5.41) is 2.61. The first-order valence-corrected chi connectivity index (χ1v) is 5.61. The second kappa shape index (κ2) is 6.29. The van der Waals surface area contributed by atoms with E-state index in [2.05, 4.69) is 27.2 Å². The van der Waals surface area contributed by atoms with Crippen LogP contribution in [0.2, 0.25) is 0 Å². The highest BCUT2D eigenvalue weighted by Crippen LogP contribution is 2.15. The van der Waals surface area contributed by atoms with Gasteiger partial charge in [0, 0.05) is 17.4 Å². The zero-order valence-electron chi connectivity index (χ0n) is 8.59. The van der Waals surface area contributed by atoms with Gasteiger partial charge in [-0.05, 0) is 24.6 Å². The van der Waals surface area contributed by atoms with Crippen LogP contribution < -0.4 is 5.32 Å². The number of amides is 1. The lowest BCUT2D eigenvalue weighted by atomic mass is 10.2. The maximum Gasteiger partial charge on any atom is 0.254 e. The molecule has 0 aliphatic heterocycles. The lowest BCUT2D eigenvalue weighted by Crippen LogP contribution is -2.25. The Hall–Kier alpha value is -1.34. The molecule has 2 nitrogen and oxygen atoms in total. The molecule has 16 heavy (non-hydrogen) atoms. The third-order valence-electron chi connectivity index (χ3n) is 1.96. The monoisotopic (exact) mass is 283 g/mol. The average molecular weight is 284 g/mol. The molecule has 0 spiro atoms. The van der Waals surface area contributed by atoms with E-state index in [-0.39, 0.29) is 5.56 Å². The number of hydrogen-bond donors (Lipinski definition) is 1. The van der Waals surface area contributed by atoms with Gasteiger partial charge in [0.1, 0.15) is 5.82 Å². The first kappa shape index (κ1) is 12.7. The van der Waals surface area contributed by atoms with Gasteiger partial charge in [-0.15, -0.1) is 12.3 Å². The zero-order chi connectivity index (χ0) is 12.0. The summed E-state index contributed by atoms with van der Waals surface area (Å²) in [6, 6.07) is 4.25. The minimum absolute atomic E-state index is 0.0371. The van der Waals surface area contributed by atoms with Crippen LogP contribution in [0.4, 0.5) is 4.39 Å². The number of benzene rings is 1. The maximum absolute atomic E-state index is 13.3. The van der Waals surface area contributed by atoms with E-state index < -0.39 is 11.7 Å². The zero-order valence-corrected chi connectivity index (χ0v) is 10.2. The Morgan fingerprint density at radius 2 is 2.31 bits per heavy atom. The molecule has 1 rings (SSSR count). The van der Waals surface area contributed by atoms with Gasteiger partial charge in [0.15, 0.2) is 0 Å². The molecule has 4 heteroatoms. The molecule has 1 aromatic carbocycles. The third-order valence-corrected chi connectivity index (χ3v) is 2.45. The fraction of sp³-hybridized carbons (Fsp3) is 0.250. The van der Waals surface area contributed by atoms with Crippen LogP contribution in [0.15, 0.2) is 22.7 Å². The highest BCUT2D eigenvalue weighted by molar-refractivity contribution is 9.10. The summed E-state index contributed by atoms with van der Waals surface area (Å²) in [4.78, 5) is 11.6. The fourth-order valence-corrected chi connectivity index (χ4v) is 1.52. The van der Waals surface area contributed by atoms with Gasteiger partial charge in [0.25, 0.3) is 5.91 Å². The number of halogens is 2. The summed E-state index contributed by atoms with van der Waals surface area (Å²) >= 11 is 3.18. The van der Waals surface area contributed by atoms with Gasteiger partial charge in [-0.3, -0.25) is 4.79 Å². The molecule has 0 aliphatic rings. The van der Waals surface area contributed by atoms with Crippen LogP contribution in [0, 0.1) is 18.2 Å². The van der Waals surface area contributed by atoms with E-state index in [0.29, 0.717) is 23.9 Å². The highest BCUT2D eigenvalue weighted by Gasteiger charge is 2.10. The molecule has 0 atom stereocenters.